The Morgan fingerprint density at radius 3 is 1.05 bits per heavy atom. The molecule has 0 heterocycles. The molecule has 0 amide bonds. The molecule has 3 heteroatoms. The van der Waals surface area contributed by atoms with Gasteiger partial charge in [-0.25, -0.2) is 0 Å². The van der Waals surface area contributed by atoms with Crippen molar-refractivity contribution in [1.29, 1.82) is 0 Å². The lowest BCUT2D eigenvalue weighted by atomic mass is 10.4. The summed E-state index contributed by atoms with van der Waals surface area (Å²) >= 11 is 0. The van der Waals surface area contributed by atoms with E-state index in [-0.39, 0.29) is 0 Å². The van der Waals surface area contributed by atoms with Gasteiger partial charge in [0.25, 0.3) is 0 Å². The maximum Gasteiger partial charge on any atom is 0.130 e. The molecule has 21 heavy (non-hydrogen) atoms. The van der Waals surface area contributed by atoms with Gasteiger partial charge in [0.05, 0.1) is 7.96 Å². The third-order valence-corrected chi connectivity index (χ3v) is 14.2. The first-order valence-corrected chi connectivity index (χ1v) is 12.4. The molecule has 3 aromatic rings. The van der Waals surface area contributed by atoms with Crippen LogP contribution in [0.25, 0.3) is 0 Å². The minimum Gasteiger partial charge on any atom is -0.0714 e. The third kappa shape index (κ3) is 2.82. The summed E-state index contributed by atoms with van der Waals surface area (Å²) < 4.78 is 0. The van der Waals surface area contributed by atoms with E-state index in [1.54, 1.807) is 0 Å². The van der Waals surface area contributed by atoms with Gasteiger partial charge >= 0.3 is 0 Å². The molecule has 0 nitrogen and oxygen atoms in total. The van der Waals surface area contributed by atoms with Crippen LogP contribution in [-0.2, 0) is 0 Å². The van der Waals surface area contributed by atoms with E-state index in [0.29, 0.717) is 0 Å². The van der Waals surface area contributed by atoms with Crippen molar-refractivity contribution in [2.45, 2.75) is 0 Å². The van der Waals surface area contributed by atoms with Crippen molar-refractivity contribution in [3.05, 3.63) is 91.0 Å². The highest BCUT2D eigenvalue weighted by Gasteiger charge is 2.43. The molecular formula is C18H18P3+. The Hall–Kier alpha value is -1.05. The minimum atomic E-state index is -1.54. The predicted octanol–water partition coefficient (Wildman–Crippen LogP) is 4.36. The molecule has 3 aromatic carbocycles. The molecule has 0 fully saturated rings. The highest BCUT2D eigenvalue weighted by Crippen LogP contribution is 2.74. The molecule has 0 radical (unpaired) electrons. The van der Waals surface area contributed by atoms with Crippen LogP contribution in [0.2, 0.25) is 0 Å². The Kier molecular flexibility index (Phi) is 4.82. The van der Waals surface area contributed by atoms with Gasteiger partial charge < -0.3 is 0 Å². The van der Waals surface area contributed by atoms with Crippen molar-refractivity contribution in [3.8, 4) is 0 Å². The summed E-state index contributed by atoms with van der Waals surface area (Å²) in [5, 5.41) is 4.36. The number of hydrogen-bond donors (Lipinski definition) is 0. The fourth-order valence-corrected chi connectivity index (χ4v) is 12.5. The van der Waals surface area contributed by atoms with Crippen LogP contribution in [0.15, 0.2) is 91.0 Å². The highest BCUT2D eigenvalue weighted by atomic mass is 32.4. The lowest BCUT2D eigenvalue weighted by Crippen LogP contribution is -2.27. The standard InChI is InChI=1S/C18H18P3/c19-20-21(16-10-4-1-5-11-16,17-12-6-2-7-13-17)18-14-8-3-9-15-18/h1-15,20H,19H2/q+1. The molecular weight excluding hydrogens is 309 g/mol. The largest absolute Gasteiger partial charge is 0.130 e. The first kappa shape index (κ1) is 14.9. The van der Waals surface area contributed by atoms with E-state index in [4.69, 9.17) is 0 Å². The molecule has 0 aliphatic carbocycles. The molecule has 0 aliphatic heterocycles. The molecule has 0 saturated carbocycles. The summed E-state index contributed by atoms with van der Waals surface area (Å²) in [6, 6.07) is 32.9. The quantitative estimate of drug-likeness (QED) is 0.625. The number of rotatable bonds is 4. The second-order valence-corrected chi connectivity index (χ2v) is 13.1. The van der Waals surface area contributed by atoms with Gasteiger partial charge in [-0.3, -0.25) is 0 Å². The van der Waals surface area contributed by atoms with Crippen LogP contribution in [0.5, 0.6) is 0 Å². The fourth-order valence-electron chi connectivity index (χ4n) is 2.63. The van der Waals surface area contributed by atoms with Crippen molar-refractivity contribution < 1.29 is 0 Å². The normalized spacial score (nSPS) is 11.9. The lowest BCUT2D eigenvalue weighted by molar-refractivity contribution is 1.73. The third-order valence-electron chi connectivity index (χ3n) is 3.62. The zero-order valence-electron chi connectivity index (χ0n) is 11.7. The average molecular weight is 327 g/mol. The second kappa shape index (κ2) is 6.81. The molecule has 3 rings (SSSR count). The van der Waals surface area contributed by atoms with Crippen molar-refractivity contribution in [3.63, 3.8) is 0 Å². The highest BCUT2D eigenvalue weighted by molar-refractivity contribution is 8.58. The zero-order chi connectivity index (χ0) is 14.5. The van der Waals surface area contributed by atoms with Crippen LogP contribution in [0, 0.1) is 0 Å². The van der Waals surface area contributed by atoms with Crippen LogP contribution >= 0.6 is 23.8 Å². The molecule has 0 bridgehead atoms. The van der Waals surface area contributed by atoms with E-state index in [2.05, 4.69) is 99.9 Å². The summed E-state index contributed by atoms with van der Waals surface area (Å²) in [4.78, 5) is 0. The minimum absolute atomic E-state index is 0.779. The van der Waals surface area contributed by atoms with E-state index in [1.165, 1.54) is 15.9 Å². The van der Waals surface area contributed by atoms with Gasteiger partial charge in [0.1, 0.15) is 22.9 Å². The summed E-state index contributed by atoms with van der Waals surface area (Å²) in [7, 11) is 3.80. The van der Waals surface area contributed by atoms with Gasteiger partial charge in [0.15, 0.2) is 0 Å². The first-order valence-electron chi connectivity index (χ1n) is 6.92. The number of benzene rings is 3. The topological polar surface area (TPSA) is 0 Å². The maximum atomic E-state index is 3.02. The van der Waals surface area contributed by atoms with Crippen molar-refractivity contribution in [2.75, 3.05) is 0 Å². The lowest BCUT2D eigenvalue weighted by Gasteiger charge is -2.25. The predicted molar refractivity (Wildman–Crippen MR) is 103 cm³/mol. The maximum absolute atomic E-state index is 3.02. The van der Waals surface area contributed by atoms with Gasteiger partial charge in [-0.15, -0.1) is 0 Å². The van der Waals surface area contributed by atoms with Crippen molar-refractivity contribution >= 4 is 39.8 Å². The Labute approximate surface area is 131 Å². The van der Waals surface area contributed by atoms with Gasteiger partial charge in [-0.2, -0.15) is 0 Å². The van der Waals surface area contributed by atoms with Crippen LogP contribution in [-0.4, -0.2) is 0 Å². The Morgan fingerprint density at radius 2 is 0.810 bits per heavy atom. The van der Waals surface area contributed by atoms with Crippen molar-refractivity contribution in [2.24, 2.45) is 0 Å². The average Bonchev–Trinajstić information content (AvgIpc) is 2.59. The molecule has 0 spiro atoms. The number of hydrogen-bond acceptors (Lipinski definition) is 0. The summed E-state index contributed by atoms with van der Waals surface area (Å²) in [6.07, 6.45) is 0. The van der Waals surface area contributed by atoms with Gasteiger partial charge in [-0.05, 0) is 36.4 Å². The molecule has 104 valence electrons. The van der Waals surface area contributed by atoms with Gasteiger partial charge in [-0.1, -0.05) is 63.5 Å². The molecule has 0 aliphatic rings. The van der Waals surface area contributed by atoms with E-state index in [0.717, 1.165) is 7.96 Å². The molecule has 0 aromatic heterocycles. The molecule has 2 atom stereocenters. The van der Waals surface area contributed by atoms with E-state index >= 15 is 0 Å². The summed E-state index contributed by atoms with van der Waals surface area (Å²) in [6.45, 7) is -1.54. The van der Waals surface area contributed by atoms with Gasteiger partial charge in [0.2, 0.25) is 0 Å². The van der Waals surface area contributed by atoms with Crippen LogP contribution < -0.4 is 15.9 Å². The molecule has 0 N–H and O–H groups in total. The Morgan fingerprint density at radius 1 is 0.524 bits per heavy atom. The Bertz CT molecular complexity index is 585. The molecule has 0 saturated heterocycles. The van der Waals surface area contributed by atoms with Gasteiger partial charge in [0, 0.05) is 0 Å². The monoisotopic (exact) mass is 327 g/mol. The smallest absolute Gasteiger partial charge is 0.0714 e. The van der Waals surface area contributed by atoms with Crippen LogP contribution in [0.4, 0.5) is 0 Å². The van der Waals surface area contributed by atoms with E-state index < -0.39 is 6.95 Å². The SMILES string of the molecule is PP[P+](c1ccccc1)(c1ccccc1)c1ccccc1. The zero-order valence-corrected chi connectivity index (χ0v) is 14.7. The van der Waals surface area contributed by atoms with Crippen LogP contribution in [0.3, 0.4) is 0 Å². The van der Waals surface area contributed by atoms with E-state index in [1.807, 2.05) is 0 Å². The summed E-state index contributed by atoms with van der Waals surface area (Å²) in [5.74, 6) is 0. The van der Waals surface area contributed by atoms with Crippen LogP contribution in [0.1, 0.15) is 0 Å². The first-order chi connectivity index (χ1) is 10.4. The molecule has 2 unspecified atom stereocenters. The summed E-state index contributed by atoms with van der Waals surface area (Å²) in [5.41, 5.74) is 0. The van der Waals surface area contributed by atoms with E-state index in [9.17, 15) is 0 Å². The second-order valence-electron chi connectivity index (χ2n) is 4.81. The van der Waals surface area contributed by atoms with Crippen molar-refractivity contribution in [1.82, 2.24) is 0 Å². The fraction of sp³-hybridized carbons (Fsp3) is 0. The Balaban J connectivity index is 2.29.